The third kappa shape index (κ3) is 5.06. The van der Waals surface area contributed by atoms with Gasteiger partial charge in [-0.25, -0.2) is 5.43 Å². The number of aromatic nitrogens is 2. The number of carbonyl (C=O) groups is 1. The van der Waals surface area contributed by atoms with Crippen LogP contribution in [0.1, 0.15) is 49.7 Å². The Morgan fingerprint density at radius 2 is 1.44 bits per heavy atom. The summed E-state index contributed by atoms with van der Waals surface area (Å²) < 4.78 is 0. The number of nitriles is 2. The van der Waals surface area contributed by atoms with E-state index in [-0.39, 0.29) is 11.8 Å². The van der Waals surface area contributed by atoms with E-state index in [1.54, 1.807) is 36.4 Å². The molecule has 0 fully saturated rings. The highest BCUT2D eigenvalue weighted by atomic mass is 35.5. The lowest BCUT2D eigenvalue weighted by Gasteiger charge is -2.18. The van der Waals surface area contributed by atoms with Crippen molar-refractivity contribution in [3.8, 4) is 12.1 Å². The zero-order valence-electron chi connectivity index (χ0n) is 21.5. The van der Waals surface area contributed by atoms with Gasteiger partial charge in [0, 0.05) is 50.7 Å². The molecule has 0 spiro atoms. The first-order valence-electron chi connectivity index (χ1n) is 12.8. The number of halogens is 1. The van der Waals surface area contributed by atoms with E-state index in [0.717, 1.165) is 44.1 Å². The summed E-state index contributed by atoms with van der Waals surface area (Å²) in [4.78, 5) is 19.5. The third-order valence-electron chi connectivity index (χ3n) is 7.04. The number of amides is 1. The number of hydrogen-bond acceptors (Lipinski definition) is 4. The molecule has 2 aromatic heterocycles. The lowest BCUT2D eigenvalue weighted by molar-refractivity contribution is 0.0955. The van der Waals surface area contributed by atoms with Crippen molar-refractivity contribution >= 4 is 45.5 Å². The molecule has 0 saturated heterocycles. The van der Waals surface area contributed by atoms with Crippen molar-refractivity contribution in [1.82, 2.24) is 15.4 Å². The first-order chi connectivity index (χ1) is 20.0. The van der Waals surface area contributed by atoms with Crippen LogP contribution in [0.2, 0.25) is 5.02 Å². The van der Waals surface area contributed by atoms with Crippen molar-refractivity contribution in [1.29, 1.82) is 10.5 Å². The number of nitrogens with zero attached hydrogens (tertiary/aromatic N) is 3. The molecule has 6 rings (SSSR count). The van der Waals surface area contributed by atoms with E-state index >= 15 is 0 Å². The minimum absolute atomic E-state index is 0.252. The summed E-state index contributed by atoms with van der Waals surface area (Å²) in [5, 5.41) is 25.6. The lowest BCUT2D eigenvalue weighted by atomic mass is 9.84. The second-order valence-corrected chi connectivity index (χ2v) is 9.98. The Hall–Kier alpha value is -5.63. The molecule has 4 aromatic carbocycles. The Labute approximate surface area is 240 Å². The van der Waals surface area contributed by atoms with Crippen LogP contribution in [-0.2, 0) is 0 Å². The molecule has 6 aromatic rings. The van der Waals surface area contributed by atoms with Gasteiger partial charge in [-0.1, -0.05) is 35.9 Å². The highest BCUT2D eigenvalue weighted by Crippen LogP contribution is 2.40. The van der Waals surface area contributed by atoms with Crippen molar-refractivity contribution in [2.45, 2.75) is 5.92 Å². The number of carbonyl (C=O) groups excluding carboxylic acids is 1. The zero-order valence-corrected chi connectivity index (χ0v) is 22.3. The van der Waals surface area contributed by atoms with Crippen LogP contribution in [0.4, 0.5) is 0 Å². The van der Waals surface area contributed by atoms with Gasteiger partial charge in [0.1, 0.15) is 0 Å². The van der Waals surface area contributed by atoms with Gasteiger partial charge in [0.05, 0.1) is 29.5 Å². The fraction of sp³-hybridized carbons (Fsp3) is 0.0303. The molecule has 0 aliphatic heterocycles. The van der Waals surface area contributed by atoms with E-state index in [2.05, 4.69) is 32.6 Å². The van der Waals surface area contributed by atoms with Crippen LogP contribution in [0.3, 0.4) is 0 Å². The van der Waals surface area contributed by atoms with Crippen LogP contribution in [0, 0.1) is 22.7 Å². The molecule has 0 radical (unpaired) electrons. The first kappa shape index (κ1) is 25.6. The van der Waals surface area contributed by atoms with Gasteiger partial charge < -0.3 is 9.97 Å². The number of hydrogen-bond donors (Lipinski definition) is 3. The van der Waals surface area contributed by atoms with Crippen LogP contribution >= 0.6 is 11.6 Å². The molecule has 0 saturated carbocycles. The van der Waals surface area contributed by atoms with Gasteiger partial charge >= 0.3 is 0 Å². The Bertz CT molecular complexity index is 1950. The van der Waals surface area contributed by atoms with Crippen LogP contribution in [-0.4, -0.2) is 22.1 Å². The van der Waals surface area contributed by atoms with Crippen molar-refractivity contribution in [3.05, 3.63) is 141 Å². The van der Waals surface area contributed by atoms with Gasteiger partial charge in [-0.05, 0) is 82.9 Å². The molecule has 41 heavy (non-hydrogen) atoms. The molecular weight excluding hydrogens is 532 g/mol. The Morgan fingerprint density at radius 1 is 0.829 bits per heavy atom. The molecule has 0 atom stereocenters. The van der Waals surface area contributed by atoms with E-state index in [1.807, 2.05) is 60.9 Å². The molecule has 196 valence electrons. The van der Waals surface area contributed by atoms with Gasteiger partial charge in [-0.3, -0.25) is 4.79 Å². The van der Waals surface area contributed by atoms with Crippen LogP contribution in [0.5, 0.6) is 0 Å². The Balaban J connectivity index is 1.39. The van der Waals surface area contributed by atoms with Crippen LogP contribution in [0.15, 0.2) is 102 Å². The van der Waals surface area contributed by atoms with Crippen molar-refractivity contribution < 1.29 is 4.79 Å². The normalized spacial score (nSPS) is 11.2. The summed E-state index contributed by atoms with van der Waals surface area (Å²) in [6.07, 6.45) is 5.44. The van der Waals surface area contributed by atoms with Crippen molar-refractivity contribution in [3.63, 3.8) is 0 Å². The molecule has 3 N–H and O–H groups in total. The highest BCUT2D eigenvalue weighted by Gasteiger charge is 2.24. The monoisotopic (exact) mass is 552 g/mol. The highest BCUT2D eigenvalue weighted by molar-refractivity contribution is 6.30. The van der Waals surface area contributed by atoms with Gasteiger partial charge in [0.15, 0.2) is 0 Å². The maximum Gasteiger partial charge on any atom is 0.271 e. The molecule has 7 nitrogen and oxygen atoms in total. The lowest BCUT2D eigenvalue weighted by Crippen LogP contribution is -2.17. The summed E-state index contributed by atoms with van der Waals surface area (Å²) in [6.45, 7) is 0. The smallest absolute Gasteiger partial charge is 0.271 e. The van der Waals surface area contributed by atoms with E-state index in [4.69, 9.17) is 11.6 Å². The van der Waals surface area contributed by atoms with E-state index < -0.39 is 0 Å². The topological polar surface area (TPSA) is 121 Å². The minimum atomic E-state index is -0.345. The number of aromatic amines is 2. The van der Waals surface area contributed by atoms with Crippen molar-refractivity contribution in [2.24, 2.45) is 5.10 Å². The summed E-state index contributed by atoms with van der Waals surface area (Å²) in [7, 11) is 0. The fourth-order valence-electron chi connectivity index (χ4n) is 5.07. The maximum absolute atomic E-state index is 12.8. The second kappa shape index (κ2) is 10.9. The predicted molar refractivity (Wildman–Crippen MR) is 160 cm³/mol. The predicted octanol–water partition coefficient (Wildman–Crippen LogP) is 6.99. The Kier molecular flexibility index (Phi) is 6.79. The first-order valence-corrected chi connectivity index (χ1v) is 13.1. The molecule has 0 bridgehead atoms. The summed E-state index contributed by atoms with van der Waals surface area (Å²) >= 11 is 6.01. The molecule has 8 heteroatoms. The Morgan fingerprint density at radius 3 is 2.00 bits per heavy atom. The molecule has 0 unspecified atom stereocenters. The number of benzene rings is 4. The standard InChI is InChI=1S/C33H21ClN6O/c34-25-3-1-2-22(12-25)17-39-40-33(41)24-8-6-23(7-9-24)32(28-18-37-30-10-4-20(15-35)13-26(28)30)29-19-38-31-11-5-21(16-36)14-27(29)31/h1-14,17-19,32,37-38H,(H,40,41)/b39-17+. The van der Waals surface area contributed by atoms with E-state index in [1.165, 1.54) is 6.21 Å². The number of fused-ring (bicyclic) bond motifs is 2. The fourth-order valence-corrected chi connectivity index (χ4v) is 5.27. The minimum Gasteiger partial charge on any atom is -0.361 e. The van der Waals surface area contributed by atoms with Crippen LogP contribution in [0.25, 0.3) is 21.8 Å². The van der Waals surface area contributed by atoms with E-state index in [0.29, 0.717) is 21.7 Å². The molecular formula is C33H21ClN6O. The maximum atomic E-state index is 12.8. The van der Waals surface area contributed by atoms with Gasteiger partial charge in [-0.15, -0.1) is 0 Å². The second-order valence-electron chi connectivity index (χ2n) is 9.54. The van der Waals surface area contributed by atoms with E-state index in [9.17, 15) is 15.3 Å². The van der Waals surface area contributed by atoms with Crippen molar-refractivity contribution in [2.75, 3.05) is 0 Å². The summed E-state index contributed by atoms with van der Waals surface area (Å²) in [5.41, 5.74) is 9.62. The quantitative estimate of drug-likeness (QED) is 0.152. The van der Waals surface area contributed by atoms with Gasteiger partial charge in [0.25, 0.3) is 5.91 Å². The average Bonchev–Trinajstić information content (AvgIpc) is 3.61. The third-order valence-corrected chi connectivity index (χ3v) is 7.28. The number of hydrazone groups is 1. The van der Waals surface area contributed by atoms with Gasteiger partial charge in [-0.2, -0.15) is 15.6 Å². The number of rotatable bonds is 6. The molecule has 2 heterocycles. The van der Waals surface area contributed by atoms with Crippen LogP contribution < -0.4 is 5.43 Å². The average molecular weight is 553 g/mol. The summed E-state index contributed by atoms with van der Waals surface area (Å²) in [5.74, 6) is -0.596. The SMILES string of the molecule is N#Cc1ccc2[nH]cc(C(c3ccc(C(=O)N/N=C/c4cccc(Cl)c4)cc3)c3c[nH]c4ccc(C#N)cc34)c2c1. The number of H-pyrrole nitrogens is 2. The molecule has 1 amide bonds. The molecule has 0 aliphatic carbocycles. The zero-order chi connectivity index (χ0) is 28.3. The number of nitrogens with one attached hydrogen (secondary N) is 3. The largest absolute Gasteiger partial charge is 0.361 e. The van der Waals surface area contributed by atoms with Gasteiger partial charge in [0.2, 0.25) is 0 Å². The summed E-state index contributed by atoms with van der Waals surface area (Å²) in [6, 6.07) is 30.1. The molecule has 0 aliphatic rings.